The fraction of sp³-hybridized carbons (Fsp3) is 0.381. The molecule has 0 radical (unpaired) electrons. The van der Waals surface area contributed by atoms with Crippen LogP contribution in [0.25, 0.3) is 5.69 Å². The third kappa shape index (κ3) is 3.03. The summed E-state index contributed by atoms with van der Waals surface area (Å²) in [7, 11) is 0. The van der Waals surface area contributed by atoms with Gasteiger partial charge in [-0.3, -0.25) is 9.47 Å². The molecule has 2 fully saturated rings. The maximum atomic E-state index is 12.3. The van der Waals surface area contributed by atoms with Crippen LogP contribution in [0.2, 0.25) is 5.02 Å². The van der Waals surface area contributed by atoms with E-state index < -0.39 is 0 Å². The number of piperidine rings is 1. The SMILES string of the molecule is O=C1OCC2c3nnc(C4CCN(c5ncccn5)CC4)n3-c3ccc(Cl)cc3CN12. The second kappa shape index (κ2) is 7.19. The molecule has 158 valence electrons. The van der Waals surface area contributed by atoms with Gasteiger partial charge in [0.25, 0.3) is 0 Å². The van der Waals surface area contributed by atoms with Gasteiger partial charge in [0.05, 0.1) is 12.2 Å². The van der Waals surface area contributed by atoms with E-state index in [1.54, 1.807) is 17.3 Å². The number of halogens is 1. The molecule has 3 aromatic rings. The van der Waals surface area contributed by atoms with Crippen LogP contribution in [0, 0.1) is 0 Å². The predicted molar refractivity (Wildman–Crippen MR) is 112 cm³/mol. The third-order valence-corrected chi connectivity index (χ3v) is 6.54. The fourth-order valence-corrected chi connectivity index (χ4v) is 4.94. The molecule has 2 aromatic heterocycles. The van der Waals surface area contributed by atoms with E-state index >= 15 is 0 Å². The molecule has 1 unspecified atom stereocenters. The van der Waals surface area contributed by atoms with Gasteiger partial charge in [0, 0.05) is 36.4 Å². The molecule has 1 aromatic carbocycles. The van der Waals surface area contributed by atoms with Gasteiger partial charge in [-0.25, -0.2) is 14.8 Å². The van der Waals surface area contributed by atoms with E-state index in [0.717, 1.165) is 54.8 Å². The van der Waals surface area contributed by atoms with Crippen LogP contribution in [0.1, 0.15) is 42.0 Å². The molecule has 9 nitrogen and oxygen atoms in total. The molecular formula is C21H20ClN7O2. The number of amides is 1. The lowest BCUT2D eigenvalue weighted by Gasteiger charge is -2.31. The standard InChI is InChI=1S/C21H20ClN7O2/c22-15-2-3-16-14(10-15)11-28-17(12-31-21(28)30)19-26-25-18(29(16)19)13-4-8-27(9-5-13)20-23-6-1-7-24-20/h1-3,6-7,10,13,17H,4-5,8-9,11-12H2. The topological polar surface area (TPSA) is 89.3 Å². The number of carbonyl (C=O) groups excluding carboxylic acids is 1. The van der Waals surface area contributed by atoms with Gasteiger partial charge in [-0.2, -0.15) is 0 Å². The minimum atomic E-state index is -0.329. The number of hydrogen-bond acceptors (Lipinski definition) is 7. The van der Waals surface area contributed by atoms with Crippen LogP contribution in [0.15, 0.2) is 36.7 Å². The molecule has 6 rings (SSSR count). The molecule has 0 bridgehead atoms. The summed E-state index contributed by atoms with van der Waals surface area (Å²) < 4.78 is 7.45. The molecule has 0 saturated carbocycles. The van der Waals surface area contributed by atoms with Gasteiger partial charge in [-0.15, -0.1) is 10.2 Å². The Kier molecular flexibility index (Phi) is 4.31. The van der Waals surface area contributed by atoms with Gasteiger partial charge in [-0.05, 0) is 42.7 Å². The van der Waals surface area contributed by atoms with Gasteiger partial charge in [0.1, 0.15) is 18.5 Å². The van der Waals surface area contributed by atoms with Crippen LogP contribution in [0.5, 0.6) is 0 Å². The summed E-state index contributed by atoms with van der Waals surface area (Å²) in [5, 5.41) is 9.78. The summed E-state index contributed by atoms with van der Waals surface area (Å²) in [6.07, 6.45) is 5.05. The molecule has 10 heteroatoms. The number of aromatic nitrogens is 5. The van der Waals surface area contributed by atoms with Gasteiger partial charge in [-0.1, -0.05) is 11.6 Å². The minimum absolute atomic E-state index is 0.245. The minimum Gasteiger partial charge on any atom is -0.447 e. The number of hydrogen-bond donors (Lipinski definition) is 0. The predicted octanol–water partition coefficient (Wildman–Crippen LogP) is 3.10. The quantitative estimate of drug-likeness (QED) is 0.608. The number of benzene rings is 1. The lowest BCUT2D eigenvalue weighted by atomic mass is 9.95. The first-order valence-corrected chi connectivity index (χ1v) is 10.8. The molecule has 2 saturated heterocycles. The molecule has 0 aliphatic carbocycles. The Balaban J connectivity index is 1.37. The highest BCUT2D eigenvalue weighted by Crippen LogP contribution is 2.39. The smallest absolute Gasteiger partial charge is 0.410 e. The zero-order chi connectivity index (χ0) is 20.9. The fourth-order valence-electron chi connectivity index (χ4n) is 4.75. The average Bonchev–Trinajstić information content (AvgIpc) is 3.35. The molecule has 0 spiro atoms. The lowest BCUT2D eigenvalue weighted by Crippen LogP contribution is -2.34. The zero-order valence-electron chi connectivity index (χ0n) is 16.7. The first kappa shape index (κ1) is 18.6. The van der Waals surface area contributed by atoms with Crippen LogP contribution >= 0.6 is 11.6 Å². The van der Waals surface area contributed by atoms with E-state index in [1.807, 2.05) is 24.3 Å². The van der Waals surface area contributed by atoms with E-state index in [1.165, 1.54) is 0 Å². The van der Waals surface area contributed by atoms with Gasteiger partial charge < -0.3 is 9.64 Å². The number of ether oxygens (including phenoxy) is 1. The van der Waals surface area contributed by atoms with Crippen molar-refractivity contribution >= 4 is 23.6 Å². The largest absolute Gasteiger partial charge is 0.447 e. The second-order valence-corrected chi connectivity index (χ2v) is 8.49. The maximum Gasteiger partial charge on any atom is 0.410 e. The van der Waals surface area contributed by atoms with Crippen LogP contribution in [0.3, 0.4) is 0 Å². The normalized spacial score (nSPS) is 20.7. The molecule has 5 heterocycles. The van der Waals surface area contributed by atoms with Crippen molar-refractivity contribution in [3.05, 3.63) is 58.9 Å². The van der Waals surface area contributed by atoms with Crippen molar-refractivity contribution in [2.75, 3.05) is 24.6 Å². The zero-order valence-corrected chi connectivity index (χ0v) is 17.4. The Morgan fingerprint density at radius 1 is 1.06 bits per heavy atom. The second-order valence-electron chi connectivity index (χ2n) is 8.06. The first-order valence-electron chi connectivity index (χ1n) is 10.4. The van der Waals surface area contributed by atoms with Crippen molar-refractivity contribution in [3.63, 3.8) is 0 Å². The van der Waals surface area contributed by atoms with E-state index in [4.69, 9.17) is 16.3 Å². The van der Waals surface area contributed by atoms with Gasteiger partial charge in [0.15, 0.2) is 5.82 Å². The van der Waals surface area contributed by atoms with Gasteiger partial charge >= 0.3 is 6.09 Å². The highest BCUT2D eigenvalue weighted by molar-refractivity contribution is 6.30. The van der Waals surface area contributed by atoms with Crippen molar-refractivity contribution in [1.29, 1.82) is 0 Å². The monoisotopic (exact) mass is 437 g/mol. The number of nitrogens with zero attached hydrogens (tertiary/aromatic N) is 7. The van der Waals surface area contributed by atoms with Crippen LogP contribution in [-0.4, -0.2) is 55.4 Å². The molecular weight excluding hydrogens is 418 g/mol. The molecule has 0 N–H and O–H groups in total. The number of rotatable bonds is 2. The maximum absolute atomic E-state index is 12.3. The Morgan fingerprint density at radius 3 is 2.65 bits per heavy atom. The van der Waals surface area contributed by atoms with E-state index in [9.17, 15) is 4.79 Å². The Labute approximate surface area is 183 Å². The number of fused-ring (bicyclic) bond motifs is 5. The Hall–Kier alpha value is -3.20. The summed E-state index contributed by atoms with van der Waals surface area (Å²) in [4.78, 5) is 25.0. The number of cyclic esters (lactones) is 1. The van der Waals surface area contributed by atoms with E-state index in [2.05, 4.69) is 29.6 Å². The van der Waals surface area contributed by atoms with Crippen LogP contribution in [0.4, 0.5) is 10.7 Å². The molecule has 3 aliphatic rings. The number of carbonyl (C=O) groups is 1. The highest BCUT2D eigenvalue weighted by atomic mass is 35.5. The van der Waals surface area contributed by atoms with E-state index in [-0.39, 0.29) is 24.7 Å². The summed E-state index contributed by atoms with van der Waals surface area (Å²) in [5.41, 5.74) is 1.95. The summed E-state index contributed by atoms with van der Waals surface area (Å²) in [6.45, 7) is 2.41. The molecule has 1 atom stereocenters. The Bertz CT molecular complexity index is 1140. The summed E-state index contributed by atoms with van der Waals surface area (Å²) >= 11 is 6.28. The van der Waals surface area contributed by atoms with E-state index in [0.29, 0.717) is 11.6 Å². The van der Waals surface area contributed by atoms with Crippen LogP contribution < -0.4 is 4.90 Å². The van der Waals surface area contributed by atoms with Crippen molar-refractivity contribution < 1.29 is 9.53 Å². The molecule has 3 aliphatic heterocycles. The third-order valence-electron chi connectivity index (χ3n) is 6.30. The van der Waals surface area contributed by atoms with Gasteiger partial charge in [0.2, 0.25) is 5.95 Å². The molecule has 1 amide bonds. The summed E-state index contributed by atoms with van der Waals surface area (Å²) in [6, 6.07) is 7.35. The Morgan fingerprint density at radius 2 is 1.84 bits per heavy atom. The average molecular weight is 438 g/mol. The first-order chi connectivity index (χ1) is 15.2. The van der Waals surface area contributed by atoms with Crippen molar-refractivity contribution in [2.24, 2.45) is 0 Å². The van der Waals surface area contributed by atoms with Crippen molar-refractivity contribution in [2.45, 2.75) is 31.3 Å². The van der Waals surface area contributed by atoms with Crippen molar-refractivity contribution in [1.82, 2.24) is 29.6 Å². The number of anilines is 1. The molecule has 31 heavy (non-hydrogen) atoms. The lowest BCUT2D eigenvalue weighted by molar-refractivity contribution is 0.156. The van der Waals surface area contributed by atoms with Crippen molar-refractivity contribution in [3.8, 4) is 5.69 Å². The highest BCUT2D eigenvalue weighted by Gasteiger charge is 2.42. The van der Waals surface area contributed by atoms with Crippen LogP contribution in [-0.2, 0) is 11.3 Å². The summed E-state index contributed by atoms with van der Waals surface area (Å²) in [5.74, 6) is 2.68.